The summed E-state index contributed by atoms with van der Waals surface area (Å²) in [6, 6.07) is 9.77. The summed E-state index contributed by atoms with van der Waals surface area (Å²) in [6.45, 7) is 1.56. The van der Waals surface area contributed by atoms with E-state index in [-0.39, 0.29) is 22.8 Å². The average molecular weight is 420 g/mol. The molecule has 1 N–H and O–H groups in total. The summed E-state index contributed by atoms with van der Waals surface area (Å²) < 4.78 is 46.0. The predicted octanol–water partition coefficient (Wildman–Crippen LogP) is 4.37. The van der Waals surface area contributed by atoms with Crippen LogP contribution in [0.2, 0.25) is 0 Å². The lowest BCUT2D eigenvalue weighted by Crippen LogP contribution is -2.17. The van der Waals surface area contributed by atoms with Gasteiger partial charge in [-0.05, 0) is 31.2 Å². The second-order valence-electron chi connectivity index (χ2n) is 6.20. The second-order valence-corrected chi connectivity index (χ2v) is 6.20. The first kappa shape index (κ1) is 20.8. The van der Waals surface area contributed by atoms with E-state index < -0.39 is 28.3 Å². The number of para-hydroxylation sites is 1. The van der Waals surface area contributed by atoms with E-state index in [1.807, 2.05) is 0 Å². The highest BCUT2D eigenvalue weighted by molar-refractivity contribution is 6.04. The van der Waals surface area contributed by atoms with Gasteiger partial charge in [0.2, 0.25) is 0 Å². The number of rotatable bonds is 5. The molecule has 30 heavy (non-hydrogen) atoms. The standard InChI is InChI=1S/C19H15F3N4O4/c1-11-9-17(25(24-11)14-6-4-3-5-13(14)19(20,21)22)23-18(27)12-7-8-16(30-2)15(10-12)26(28)29/h3-10H,1-2H3,(H,23,27). The van der Waals surface area contributed by atoms with Crippen LogP contribution in [0.5, 0.6) is 5.75 Å². The zero-order valence-corrected chi connectivity index (χ0v) is 15.7. The molecule has 1 amide bonds. The molecule has 1 aromatic heterocycles. The summed E-state index contributed by atoms with van der Waals surface area (Å²) in [5, 5.41) is 17.7. The highest BCUT2D eigenvalue weighted by Crippen LogP contribution is 2.35. The number of nitro benzene ring substituents is 1. The number of carbonyl (C=O) groups excluding carboxylic acids is 1. The summed E-state index contributed by atoms with van der Waals surface area (Å²) >= 11 is 0. The minimum atomic E-state index is -4.63. The number of hydrogen-bond acceptors (Lipinski definition) is 5. The minimum Gasteiger partial charge on any atom is -0.490 e. The minimum absolute atomic E-state index is 0.0207. The molecule has 0 saturated heterocycles. The van der Waals surface area contributed by atoms with Crippen LogP contribution in [0.15, 0.2) is 48.5 Å². The largest absolute Gasteiger partial charge is 0.490 e. The van der Waals surface area contributed by atoms with Crippen LogP contribution in [0.3, 0.4) is 0 Å². The third-order valence-electron chi connectivity index (χ3n) is 4.15. The first-order chi connectivity index (χ1) is 14.1. The van der Waals surface area contributed by atoms with Gasteiger partial charge in [-0.3, -0.25) is 14.9 Å². The number of aromatic nitrogens is 2. The molecule has 156 valence electrons. The number of hydrogen-bond donors (Lipinski definition) is 1. The maximum absolute atomic E-state index is 13.4. The van der Waals surface area contributed by atoms with E-state index in [2.05, 4.69) is 10.4 Å². The van der Waals surface area contributed by atoms with E-state index in [4.69, 9.17) is 4.74 Å². The second kappa shape index (κ2) is 7.85. The number of benzene rings is 2. The number of anilines is 1. The monoisotopic (exact) mass is 420 g/mol. The van der Waals surface area contributed by atoms with Crippen molar-refractivity contribution in [2.24, 2.45) is 0 Å². The zero-order valence-electron chi connectivity index (χ0n) is 15.7. The van der Waals surface area contributed by atoms with Crippen LogP contribution in [-0.4, -0.2) is 27.7 Å². The number of nitrogens with one attached hydrogen (secondary N) is 1. The van der Waals surface area contributed by atoms with Gasteiger partial charge in [-0.25, -0.2) is 4.68 Å². The molecular formula is C19H15F3N4O4. The Kier molecular flexibility index (Phi) is 5.45. The molecule has 0 aliphatic heterocycles. The van der Waals surface area contributed by atoms with Crippen molar-refractivity contribution in [3.63, 3.8) is 0 Å². The quantitative estimate of drug-likeness (QED) is 0.488. The molecule has 2 aromatic carbocycles. The fourth-order valence-corrected chi connectivity index (χ4v) is 2.83. The maximum atomic E-state index is 13.4. The van der Waals surface area contributed by atoms with Crippen LogP contribution in [0, 0.1) is 17.0 Å². The maximum Gasteiger partial charge on any atom is 0.418 e. The van der Waals surface area contributed by atoms with Gasteiger partial charge in [0.15, 0.2) is 5.75 Å². The molecule has 8 nitrogen and oxygen atoms in total. The number of amides is 1. The summed E-state index contributed by atoms with van der Waals surface area (Å²) in [7, 11) is 1.25. The average Bonchev–Trinajstić information content (AvgIpc) is 3.06. The Morgan fingerprint density at radius 1 is 1.20 bits per heavy atom. The number of halogens is 3. The number of methoxy groups -OCH3 is 1. The third-order valence-corrected chi connectivity index (χ3v) is 4.15. The zero-order chi connectivity index (χ0) is 22.1. The fourth-order valence-electron chi connectivity index (χ4n) is 2.83. The van der Waals surface area contributed by atoms with Crippen LogP contribution >= 0.6 is 0 Å². The van der Waals surface area contributed by atoms with Crippen molar-refractivity contribution in [2.75, 3.05) is 12.4 Å². The van der Waals surface area contributed by atoms with E-state index in [9.17, 15) is 28.1 Å². The Hall–Kier alpha value is -3.89. The number of nitrogens with zero attached hydrogens (tertiary/aromatic N) is 3. The predicted molar refractivity (Wildman–Crippen MR) is 101 cm³/mol. The Morgan fingerprint density at radius 3 is 2.53 bits per heavy atom. The van der Waals surface area contributed by atoms with Gasteiger partial charge < -0.3 is 10.1 Å². The first-order valence-electron chi connectivity index (χ1n) is 8.49. The molecule has 3 aromatic rings. The number of carbonyl (C=O) groups is 1. The summed E-state index contributed by atoms with van der Waals surface area (Å²) in [4.78, 5) is 23.1. The fraction of sp³-hybridized carbons (Fsp3) is 0.158. The summed E-state index contributed by atoms with van der Waals surface area (Å²) in [6.07, 6.45) is -4.63. The van der Waals surface area contributed by atoms with Gasteiger partial charge in [-0.2, -0.15) is 18.3 Å². The van der Waals surface area contributed by atoms with Crippen LogP contribution in [-0.2, 0) is 6.18 Å². The lowest BCUT2D eigenvalue weighted by Gasteiger charge is -2.15. The molecule has 0 fully saturated rings. The van der Waals surface area contributed by atoms with Gasteiger partial charge in [0.1, 0.15) is 5.82 Å². The summed E-state index contributed by atoms with van der Waals surface area (Å²) in [5.41, 5.74) is -1.32. The highest BCUT2D eigenvalue weighted by Gasteiger charge is 2.34. The van der Waals surface area contributed by atoms with Crippen molar-refractivity contribution in [1.82, 2.24) is 9.78 Å². The normalized spacial score (nSPS) is 11.2. The van der Waals surface area contributed by atoms with Gasteiger partial charge in [0.25, 0.3) is 5.91 Å². The van der Waals surface area contributed by atoms with E-state index in [1.165, 1.54) is 43.5 Å². The number of alkyl halides is 3. The topological polar surface area (TPSA) is 99.3 Å². The molecule has 0 unspecified atom stereocenters. The van der Waals surface area contributed by atoms with E-state index in [0.717, 1.165) is 16.8 Å². The molecule has 11 heteroatoms. The highest BCUT2D eigenvalue weighted by atomic mass is 19.4. The molecule has 0 saturated carbocycles. The van der Waals surface area contributed by atoms with Crippen molar-refractivity contribution in [3.05, 3.63) is 75.5 Å². The Balaban J connectivity index is 2.00. The van der Waals surface area contributed by atoms with Crippen molar-refractivity contribution in [2.45, 2.75) is 13.1 Å². The molecule has 3 rings (SSSR count). The molecular weight excluding hydrogens is 405 g/mol. The van der Waals surface area contributed by atoms with Crippen LogP contribution < -0.4 is 10.1 Å². The van der Waals surface area contributed by atoms with Gasteiger partial charge in [0, 0.05) is 17.7 Å². The Morgan fingerprint density at radius 2 is 1.90 bits per heavy atom. The van der Waals surface area contributed by atoms with E-state index in [0.29, 0.717) is 5.69 Å². The third kappa shape index (κ3) is 4.09. The molecule has 0 radical (unpaired) electrons. The van der Waals surface area contributed by atoms with Crippen molar-refractivity contribution in [1.29, 1.82) is 0 Å². The van der Waals surface area contributed by atoms with E-state index >= 15 is 0 Å². The Labute approximate surface area is 168 Å². The lowest BCUT2D eigenvalue weighted by atomic mass is 10.1. The van der Waals surface area contributed by atoms with Crippen LogP contribution in [0.4, 0.5) is 24.7 Å². The van der Waals surface area contributed by atoms with Crippen molar-refractivity contribution in [3.8, 4) is 11.4 Å². The lowest BCUT2D eigenvalue weighted by molar-refractivity contribution is -0.385. The molecule has 1 heterocycles. The van der Waals surface area contributed by atoms with Gasteiger partial charge >= 0.3 is 11.9 Å². The SMILES string of the molecule is COc1ccc(C(=O)Nc2cc(C)nn2-c2ccccc2C(F)(F)F)cc1[N+](=O)[O-]. The first-order valence-corrected chi connectivity index (χ1v) is 8.49. The van der Waals surface area contributed by atoms with Gasteiger partial charge in [0.05, 0.1) is 29.0 Å². The molecule has 0 spiro atoms. The molecule has 0 aliphatic carbocycles. The molecule has 0 atom stereocenters. The van der Waals surface area contributed by atoms with Crippen LogP contribution in [0.1, 0.15) is 21.6 Å². The number of aryl methyl sites for hydroxylation is 1. The van der Waals surface area contributed by atoms with E-state index in [1.54, 1.807) is 6.92 Å². The molecule has 0 bridgehead atoms. The Bertz CT molecular complexity index is 1130. The van der Waals surface area contributed by atoms with Crippen molar-refractivity contribution >= 4 is 17.4 Å². The van der Waals surface area contributed by atoms with Crippen molar-refractivity contribution < 1.29 is 27.6 Å². The number of nitro groups is 1. The van der Waals surface area contributed by atoms with Gasteiger partial charge in [-0.1, -0.05) is 12.1 Å². The van der Waals surface area contributed by atoms with Gasteiger partial charge in [-0.15, -0.1) is 0 Å². The number of ether oxygens (including phenoxy) is 1. The van der Waals surface area contributed by atoms with Crippen LogP contribution in [0.25, 0.3) is 5.69 Å². The summed E-state index contributed by atoms with van der Waals surface area (Å²) in [5.74, 6) is -0.810. The smallest absolute Gasteiger partial charge is 0.418 e. The molecule has 0 aliphatic rings.